The molecule has 0 aromatic heterocycles. The third kappa shape index (κ3) is 6.25. The van der Waals surface area contributed by atoms with Gasteiger partial charge in [0.2, 0.25) is 11.8 Å². The molecule has 1 spiro atoms. The van der Waals surface area contributed by atoms with E-state index in [4.69, 9.17) is 9.47 Å². The lowest BCUT2D eigenvalue weighted by atomic mass is 9.74. The standard InChI is InChI=1S/C41H45N3O7/c1-25(2)22-31(24-45)44-37-39(48)43(30-18-17-27-12-9-10-15-29(27)23-30)21-11-5-8-16-33(46)42-26(3)36(28-13-6-4-7-14-28)50-40(49)34-32-19-20-41(37,51-32)35(34)38(44)47/h4-7,9-15,17-20,23,25-26,31-32,34-37,45H,8,16,21-22,24H2,1-3H3,(H,42,46)/b11-5-/t26-,31-,32+,34-,35-,36+,37+,41-/m1/s1. The molecule has 266 valence electrons. The van der Waals surface area contributed by atoms with Crippen molar-refractivity contribution >= 4 is 40.2 Å². The number of hydrogen-bond acceptors (Lipinski definition) is 7. The van der Waals surface area contributed by atoms with Crippen molar-refractivity contribution in [1.29, 1.82) is 0 Å². The number of nitrogens with one attached hydrogen (secondary N) is 1. The molecule has 4 aliphatic rings. The Morgan fingerprint density at radius 1 is 0.941 bits per heavy atom. The van der Waals surface area contributed by atoms with Gasteiger partial charge in [0, 0.05) is 18.7 Å². The van der Waals surface area contributed by atoms with Crippen molar-refractivity contribution in [2.24, 2.45) is 17.8 Å². The van der Waals surface area contributed by atoms with Crippen molar-refractivity contribution in [2.45, 2.75) is 76.0 Å². The predicted molar refractivity (Wildman–Crippen MR) is 192 cm³/mol. The molecule has 3 aromatic rings. The van der Waals surface area contributed by atoms with Crippen molar-refractivity contribution < 1.29 is 33.8 Å². The maximum atomic E-state index is 15.3. The van der Waals surface area contributed by atoms with Gasteiger partial charge in [0.15, 0.2) is 0 Å². The number of fused-ring (bicyclic) bond motifs is 3. The largest absolute Gasteiger partial charge is 0.455 e. The molecule has 10 nitrogen and oxygen atoms in total. The highest BCUT2D eigenvalue weighted by Crippen LogP contribution is 2.56. The highest BCUT2D eigenvalue weighted by Gasteiger charge is 2.74. The van der Waals surface area contributed by atoms with Crippen LogP contribution < -0.4 is 10.2 Å². The number of likely N-dealkylation sites (tertiary alicyclic amines) is 1. The lowest BCUT2D eigenvalue weighted by molar-refractivity contribution is -0.161. The number of amides is 3. The molecule has 0 saturated carbocycles. The van der Waals surface area contributed by atoms with Gasteiger partial charge in [0.1, 0.15) is 23.7 Å². The Kier molecular flexibility index (Phi) is 9.56. The number of carbonyl (C=O) groups excluding carboxylic acids is 4. The van der Waals surface area contributed by atoms with E-state index in [-0.39, 0.29) is 37.3 Å². The lowest BCUT2D eigenvalue weighted by Gasteiger charge is -2.39. The van der Waals surface area contributed by atoms with Crippen LogP contribution in [0.4, 0.5) is 5.69 Å². The Morgan fingerprint density at radius 2 is 1.69 bits per heavy atom. The zero-order valence-corrected chi connectivity index (χ0v) is 29.2. The van der Waals surface area contributed by atoms with E-state index in [1.54, 1.807) is 24.0 Å². The van der Waals surface area contributed by atoms with E-state index in [9.17, 15) is 19.5 Å². The van der Waals surface area contributed by atoms with Gasteiger partial charge in [-0.15, -0.1) is 0 Å². The first-order chi connectivity index (χ1) is 24.6. The number of cyclic esters (lactones) is 1. The number of hydrogen-bond donors (Lipinski definition) is 2. The monoisotopic (exact) mass is 691 g/mol. The highest BCUT2D eigenvalue weighted by atomic mass is 16.6. The van der Waals surface area contributed by atoms with Gasteiger partial charge >= 0.3 is 5.97 Å². The van der Waals surface area contributed by atoms with Gasteiger partial charge in [-0.1, -0.05) is 98.8 Å². The van der Waals surface area contributed by atoms with Crippen molar-refractivity contribution in [3.05, 3.63) is 103 Å². The molecule has 2 N–H and O–H groups in total. The van der Waals surface area contributed by atoms with Crippen LogP contribution >= 0.6 is 0 Å². The van der Waals surface area contributed by atoms with Crippen LogP contribution in [0.15, 0.2) is 97.1 Å². The number of allylic oxidation sites excluding steroid dienone is 1. The fourth-order valence-corrected chi connectivity index (χ4v) is 8.40. The van der Waals surface area contributed by atoms with Crippen LogP contribution in [0, 0.1) is 17.8 Å². The van der Waals surface area contributed by atoms with Gasteiger partial charge in [-0.3, -0.25) is 19.2 Å². The molecule has 4 heterocycles. The van der Waals surface area contributed by atoms with Crippen LogP contribution in [0.5, 0.6) is 0 Å². The van der Waals surface area contributed by atoms with Gasteiger partial charge in [-0.25, -0.2) is 0 Å². The fourth-order valence-electron chi connectivity index (χ4n) is 8.40. The summed E-state index contributed by atoms with van der Waals surface area (Å²) in [6.07, 6.45) is 6.70. The van der Waals surface area contributed by atoms with Crippen molar-refractivity contribution in [2.75, 3.05) is 18.1 Å². The molecule has 2 fully saturated rings. The number of aliphatic hydroxyl groups excluding tert-OH is 1. The molecule has 3 amide bonds. The number of esters is 1. The Balaban J connectivity index is 1.36. The van der Waals surface area contributed by atoms with E-state index in [0.29, 0.717) is 24.1 Å². The molecule has 0 radical (unpaired) electrons. The number of rotatable bonds is 6. The van der Waals surface area contributed by atoms with Crippen LogP contribution in [-0.4, -0.2) is 76.7 Å². The Bertz CT molecular complexity index is 1870. The summed E-state index contributed by atoms with van der Waals surface area (Å²) in [5.74, 6) is -3.65. The molecule has 2 saturated heterocycles. The van der Waals surface area contributed by atoms with Crippen molar-refractivity contribution in [1.82, 2.24) is 10.2 Å². The third-order valence-electron chi connectivity index (χ3n) is 10.7. The van der Waals surface area contributed by atoms with Gasteiger partial charge in [0.25, 0.3) is 5.91 Å². The minimum Gasteiger partial charge on any atom is -0.455 e. The SMILES string of the molecule is CC(C)C[C@H](CO)N1C(=O)[C@H]2[C@@H]3C(=O)O[C@H](c4ccccc4)[C@@H](C)NC(=O)CC/C=C\CN(c4ccc5ccccc5c4)C(=O)[C@H]1[C@@]21C=C[C@@H]3O1. The minimum absolute atomic E-state index is 0.102. The molecule has 7 rings (SSSR count). The smallest absolute Gasteiger partial charge is 0.313 e. The molecule has 0 unspecified atom stereocenters. The average Bonchev–Trinajstić information content (AvgIpc) is 3.77. The molecule has 10 heteroatoms. The molecular formula is C41H45N3O7. The van der Waals surface area contributed by atoms with Crippen LogP contribution in [0.3, 0.4) is 0 Å². The van der Waals surface area contributed by atoms with Gasteiger partial charge in [-0.05, 0) is 54.2 Å². The van der Waals surface area contributed by atoms with Crippen LogP contribution in [0.25, 0.3) is 10.8 Å². The lowest BCUT2D eigenvalue weighted by Crippen LogP contribution is -2.59. The van der Waals surface area contributed by atoms with E-state index >= 15 is 4.79 Å². The molecular weight excluding hydrogens is 646 g/mol. The fraction of sp³-hybridized carbons (Fsp3) is 0.415. The second-order valence-corrected chi connectivity index (χ2v) is 14.5. The van der Waals surface area contributed by atoms with Gasteiger partial charge < -0.3 is 29.7 Å². The van der Waals surface area contributed by atoms with Crippen LogP contribution in [-0.2, 0) is 28.7 Å². The molecule has 4 aliphatic heterocycles. The number of ether oxygens (including phenoxy) is 2. The second kappa shape index (κ2) is 14.1. The zero-order chi connectivity index (χ0) is 35.9. The second-order valence-electron chi connectivity index (χ2n) is 14.5. The summed E-state index contributed by atoms with van der Waals surface area (Å²) in [6.45, 7) is 5.60. The number of benzene rings is 3. The van der Waals surface area contributed by atoms with E-state index in [0.717, 1.165) is 10.8 Å². The van der Waals surface area contributed by atoms with E-state index in [2.05, 4.69) is 5.32 Å². The van der Waals surface area contributed by atoms with E-state index in [1.165, 1.54) is 4.90 Å². The number of aliphatic hydroxyl groups is 1. The first-order valence-corrected chi connectivity index (χ1v) is 17.9. The predicted octanol–water partition coefficient (Wildman–Crippen LogP) is 4.87. The number of nitrogens with zero attached hydrogens (tertiary/aromatic N) is 2. The quantitative estimate of drug-likeness (QED) is 0.279. The third-order valence-corrected chi connectivity index (χ3v) is 10.7. The first kappa shape index (κ1) is 34.6. The maximum Gasteiger partial charge on any atom is 0.313 e. The normalized spacial score (nSPS) is 30.8. The van der Waals surface area contributed by atoms with Crippen molar-refractivity contribution in [3.8, 4) is 0 Å². The Morgan fingerprint density at radius 3 is 2.43 bits per heavy atom. The summed E-state index contributed by atoms with van der Waals surface area (Å²) in [6, 6.07) is 20.4. The van der Waals surface area contributed by atoms with Crippen LogP contribution in [0.1, 0.15) is 51.7 Å². The first-order valence-electron chi connectivity index (χ1n) is 17.9. The molecule has 5 bridgehead atoms. The molecule has 51 heavy (non-hydrogen) atoms. The summed E-state index contributed by atoms with van der Waals surface area (Å²) in [5.41, 5.74) is -0.133. The van der Waals surface area contributed by atoms with Crippen molar-refractivity contribution in [3.63, 3.8) is 0 Å². The minimum atomic E-state index is -1.46. The summed E-state index contributed by atoms with van der Waals surface area (Å²) in [4.78, 5) is 60.7. The summed E-state index contributed by atoms with van der Waals surface area (Å²) in [5, 5.41) is 15.7. The molecule has 8 atom stereocenters. The Labute approximate surface area is 298 Å². The summed E-state index contributed by atoms with van der Waals surface area (Å²) >= 11 is 0. The van der Waals surface area contributed by atoms with E-state index in [1.807, 2.05) is 98.8 Å². The highest BCUT2D eigenvalue weighted by molar-refractivity contribution is 6.06. The van der Waals surface area contributed by atoms with Gasteiger partial charge in [-0.2, -0.15) is 0 Å². The topological polar surface area (TPSA) is 125 Å². The molecule has 0 aliphatic carbocycles. The average molecular weight is 692 g/mol. The molecule has 3 aromatic carbocycles. The van der Waals surface area contributed by atoms with Crippen LogP contribution in [0.2, 0.25) is 0 Å². The summed E-state index contributed by atoms with van der Waals surface area (Å²) < 4.78 is 12.9. The van der Waals surface area contributed by atoms with E-state index < -0.39 is 59.6 Å². The number of carbonyl (C=O) groups is 4. The number of anilines is 1. The zero-order valence-electron chi connectivity index (χ0n) is 29.2. The Hall–Kier alpha value is -4.80. The van der Waals surface area contributed by atoms with Gasteiger partial charge in [0.05, 0.1) is 30.7 Å². The summed E-state index contributed by atoms with van der Waals surface area (Å²) in [7, 11) is 0. The maximum absolute atomic E-state index is 15.3.